The maximum Gasteiger partial charge on any atom is 0.425 e. The highest BCUT2D eigenvalue weighted by atomic mass is 32.1. The molecular weight excluding hydrogens is 443 g/mol. The summed E-state index contributed by atoms with van der Waals surface area (Å²) in [6, 6.07) is 3.11. The largest absolute Gasteiger partial charge is 0.464 e. The molecule has 0 bridgehead atoms. The first kappa shape index (κ1) is 23.7. The maximum atomic E-state index is 12.9. The molecule has 1 amide bonds. The number of hydrogen-bond acceptors (Lipinski definition) is 7. The van der Waals surface area contributed by atoms with E-state index in [1.54, 1.807) is 19.1 Å². The third kappa shape index (κ3) is 5.45. The van der Waals surface area contributed by atoms with Crippen molar-refractivity contribution in [1.29, 1.82) is 0 Å². The van der Waals surface area contributed by atoms with Gasteiger partial charge in [0, 0.05) is 12.7 Å². The van der Waals surface area contributed by atoms with Crippen LogP contribution in [0.15, 0.2) is 24.7 Å². The molecule has 0 radical (unpaired) electrons. The van der Waals surface area contributed by atoms with Crippen LogP contribution >= 0.6 is 11.3 Å². The van der Waals surface area contributed by atoms with Crippen LogP contribution in [0, 0.1) is 12.8 Å². The normalized spacial score (nSPS) is 12.8. The molecule has 11 heteroatoms. The summed E-state index contributed by atoms with van der Waals surface area (Å²) in [5.41, 5.74) is 0.905. The highest BCUT2D eigenvalue weighted by molar-refractivity contribution is 7.20. The number of thiophene rings is 1. The lowest BCUT2D eigenvalue weighted by atomic mass is 10.1. The topological polar surface area (TPSA) is 89.0 Å². The zero-order chi connectivity index (χ0) is 23.5. The van der Waals surface area contributed by atoms with E-state index >= 15 is 0 Å². The van der Waals surface area contributed by atoms with E-state index in [4.69, 9.17) is 4.74 Å². The fourth-order valence-corrected chi connectivity index (χ4v) is 3.94. The molecule has 0 aromatic carbocycles. The standard InChI is InChI=1S/C21H24F3N5O2S/c1-11(2)7-9-25-18(30)16-12(3)15-17(27-10-28-20(15)32-16)29-14-6-5-8-26-19(14)31-13(4)21(22,23)24/h5-6,8,10-11,13H,7,9H2,1-4H3,(H,25,30)(H,27,28,29). The number of nitrogens with one attached hydrogen (secondary N) is 2. The molecule has 3 rings (SSSR count). The van der Waals surface area contributed by atoms with E-state index < -0.39 is 12.3 Å². The fraction of sp³-hybridized carbons (Fsp3) is 0.429. The number of fused-ring (bicyclic) bond motifs is 1. The molecule has 3 heterocycles. The predicted octanol–water partition coefficient (Wildman–Crippen LogP) is 5.24. The Morgan fingerprint density at radius 1 is 1.22 bits per heavy atom. The number of aryl methyl sites for hydroxylation is 1. The van der Waals surface area contributed by atoms with Crippen molar-refractivity contribution in [3.8, 4) is 5.88 Å². The number of carbonyl (C=O) groups excluding carboxylic acids is 1. The minimum absolute atomic E-state index is 0.193. The lowest BCUT2D eigenvalue weighted by Gasteiger charge is -2.19. The number of carbonyl (C=O) groups is 1. The van der Waals surface area contributed by atoms with Crippen LogP contribution in [0.3, 0.4) is 0 Å². The number of alkyl halides is 3. The summed E-state index contributed by atoms with van der Waals surface area (Å²) in [5, 5.41) is 6.52. The number of ether oxygens (including phenoxy) is 1. The average Bonchev–Trinajstić information content (AvgIpc) is 3.06. The third-order valence-corrected chi connectivity index (χ3v) is 5.91. The van der Waals surface area contributed by atoms with Gasteiger partial charge in [0.1, 0.15) is 22.7 Å². The second kappa shape index (κ2) is 9.68. The summed E-state index contributed by atoms with van der Waals surface area (Å²) in [7, 11) is 0. The fourth-order valence-electron chi connectivity index (χ4n) is 2.88. The minimum atomic E-state index is -4.53. The number of hydrogen-bond donors (Lipinski definition) is 2. The van der Waals surface area contributed by atoms with Gasteiger partial charge in [-0.1, -0.05) is 13.8 Å². The van der Waals surface area contributed by atoms with Crippen LogP contribution in [0.5, 0.6) is 5.88 Å². The molecule has 3 aromatic rings. The van der Waals surface area contributed by atoms with Crippen molar-refractivity contribution < 1.29 is 22.7 Å². The third-order valence-electron chi connectivity index (χ3n) is 4.71. The first-order chi connectivity index (χ1) is 15.1. The second-order valence-corrected chi connectivity index (χ2v) is 8.68. The first-order valence-corrected chi connectivity index (χ1v) is 10.9. The van der Waals surface area contributed by atoms with Crippen LogP contribution in [0.2, 0.25) is 0 Å². The van der Waals surface area contributed by atoms with E-state index in [1.807, 2.05) is 0 Å². The molecule has 0 aliphatic carbocycles. The van der Waals surface area contributed by atoms with Crippen molar-refractivity contribution in [2.75, 3.05) is 11.9 Å². The number of nitrogens with zero attached hydrogens (tertiary/aromatic N) is 3. The number of halogens is 3. The molecule has 1 unspecified atom stereocenters. The molecule has 0 aliphatic rings. The van der Waals surface area contributed by atoms with Crippen molar-refractivity contribution in [3.05, 3.63) is 35.1 Å². The van der Waals surface area contributed by atoms with Gasteiger partial charge in [-0.25, -0.2) is 15.0 Å². The molecule has 0 aliphatic heterocycles. The summed E-state index contributed by atoms with van der Waals surface area (Å²) in [6.45, 7) is 7.42. The van der Waals surface area contributed by atoms with E-state index in [1.165, 1.54) is 23.9 Å². The molecule has 0 fully saturated rings. The molecular formula is C21H24F3N5O2S. The lowest BCUT2D eigenvalue weighted by molar-refractivity contribution is -0.189. The van der Waals surface area contributed by atoms with Gasteiger partial charge in [0.15, 0.2) is 6.10 Å². The van der Waals surface area contributed by atoms with E-state index in [0.717, 1.165) is 13.3 Å². The molecule has 172 valence electrons. The van der Waals surface area contributed by atoms with Crippen LogP contribution in [0.4, 0.5) is 24.7 Å². The summed E-state index contributed by atoms with van der Waals surface area (Å²) < 4.78 is 43.8. The Balaban J connectivity index is 1.90. The van der Waals surface area contributed by atoms with E-state index in [-0.39, 0.29) is 17.5 Å². The summed E-state index contributed by atoms with van der Waals surface area (Å²) in [6.07, 6.45) is -3.03. The van der Waals surface area contributed by atoms with Crippen molar-refractivity contribution in [2.24, 2.45) is 5.92 Å². The highest BCUT2D eigenvalue weighted by Gasteiger charge is 2.38. The van der Waals surface area contributed by atoms with E-state index in [2.05, 4.69) is 39.4 Å². The van der Waals surface area contributed by atoms with Crippen molar-refractivity contribution in [3.63, 3.8) is 0 Å². The number of amides is 1. The van der Waals surface area contributed by atoms with Crippen LogP contribution in [-0.2, 0) is 0 Å². The van der Waals surface area contributed by atoms with Crippen molar-refractivity contribution >= 4 is 39.0 Å². The van der Waals surface area contributed by atoms with E-state index in [9.17, 15) is 18.0 Å². The predicted molar refractivity (Wildman–Crippen MR) is 118 cm³/mol. The van der Waals surface area contributed by atoms with Gasteiger partial charge in [0.25, 0.3) is 5.91 Å². The van der Waals surface area contributed by atoms with Gasteiger partial charge >= 0.3 is 6.18 Å². The van der Waals surface area contributed by atoms with Gasteiger partial charge < -0.3 is 15.4 Å². The second-order valence-electron chi connectivity index (χ2n) is 7.68. The maximum absolute atomic E-state index is 12.9. The number of rotatable bonds is 8. The minimum Gasteiger partial charge on any atom is -0.464 e. The van der Waals surface area contributed by atoms with E-state index in [0.29, 0.717) is 38.9 Å². The highest BCUT2D eigenvalue weighted by Crippen LogP contribution is 2.36. The Kier molecular flexibility index (Phi) is 7.17. The summed E-state index contributed by atoms with van der Waals surface area (Å²) >= 11 is 1.23. The first-order valence-electron chi connectivity index (χ1n) is 10.1. The number of pyridine rings is 1. The van der Waals surface area contributed by atoms with Crippen molar-refractivity contribution in [1.82, 2.24) is 20.3 Å². The Morgan fingerprint density at radius 2 is 1.97 bits per heavy atom. The number of aromatic nitrogens is 3. The molecule has 0 saturated carbocycles. The Hall–Kier alpha value is -2.95. The smallest absolute Gasteiger partial charge is 0.425 e. The molecule has 3 aromatic heterocycles. The molecule has 7 nitrogen and oxygen atoms in total. The van der Waals surface area contributed by atoms with Crippen LogP contribution in [0.25, 0.3) is 10.2 Å². The van der Waals surface area contributed by atoms with Gasteiger partial charge in [0.2, 0.25) is 5.88 Å². The zero-order valence-electron chi connectivity index (χ0n) is 18.1. The van der Waals surface area contributed by atoms with Gasteiger partial charge in [-0.15, -0.1) is 11.3 Å². The van der Waals surface area contributed by atoms with Gasteiger partial charge in [-0.05, 0) is 43.9 Å². The van der Waals surface area contributed by atoms with Gasteiger partial charge in [-0.2, -0.15) is 13.2 Å². The Labute approximate surface area is 187 Å². The molecule has 2 N–H and O–H groups in total. The Morgan fingerprint density at radius 3 is 2.66 bits per heavy atom. The zero-order valence-corrected chi connectivity index (χ0v) is 18.9. The molecule has 32 heavy (non-hydrogen) atoms. The summed E-state index contributed by atoms with van der Waals surface area (Å²) in [5.74, 6) is 0.420. The summed E-state index contributed by atoms with van der Waals surface area (Å²) in [4.78, 5) is 26.2. The number of anilines is 2. The van der Waals surface area contributed by atoms with Gasteiger partial charge in [-0.3, -0.25) is 4.79 Å². The van der Waals surface area contributed by atoms with Crippen LogP contribution < -0.4 is 15.4 Å². The average molecular weight is 468 g/mol. The quantitative estimate of drug-likeness (QED) is 0.471. The Bertz CT molecular complexity index is 1100. The molecule has 0 spiro atoms. The molecule has 0 saturated heterocycles. The molecule has 1 atom stereocenters. The van der Waals surface area contributed by atoms with Gasteiger partial charge in [0.05, 0.1) is 10.3 Å². The van der Waals surface area contributed by atoms with Crippen LogP contribution in [-0.4, -0.2) is 39.7 Å². The SMILES string of the molecule is Cc1c(C(=O)NCCC(C)C)sc2ncnc(Nc3cccnc3OC(C)C(F)(F)F)c12. The monoisotopic (exact) mass is 467 g/mol. The van der Waals surface area contributed by atoms with Crippen molar-refractivity contribution in [2.45, 2.75) is 46.4 Å². The van der Waals surface area contributed by atoms with Crippen LogP contribution in [0.1, 0.15) is 42.4 Å². The lowest BCUT2D eigenvalue weighted by Crippen LogP contribution is -2.31.